The normalized spacial score (nSPS) is 12.6. The van der Waals surface area contributed by atoms with E-state index in [0.717, 1.165) is 52.3 Å². The highest BCUT2D eigenvalue weighted by molar-refractivity contribution is 6.21. The lowest BCUT2D eigenvalue weighted by molar-refractivity contribution is 0.921. The summed E-state index contributed by atoms with van der Waals surface area (Å²) in [5.41, 5.74) is 16.1. The first kappa shape index (κ1) is 34.8. The third kappa shape index (κ3) is 5.26. The summed E-state index contributed by atoms with van der Waals surface area (Å²) in [6.45, 7) is 0. The van der Waals surface area contributed by atoms with Crippen LogP contribution >= 0.6 is 0 Å². The second-order valence-electron chi connectivity index (χ2n) is 16.4. The number of para-hydroxylation sites is 4. The molecular formula is C58H38N4. The van der Waals surface area contributed by atoms with Gasteiger partial charge >= 0.3 is 0 Å². The predicted octanol–water partition coefficient (Wildman–Crippen LogP) is 14.9. The van der Waals surface area contributed by atoms with E-state index in [1.807, 2.05) is 0 Å². The van der Waals surface area contributed by atoms with Crippen molar-refractivity contribution in [3.63, 3.8) is 0 Å². The highest BCUT2D eigenvalue weighted by atomic mass is 15.1. The molecule has 12 aromatic rings. The van der Waals surface area contributed by atoms with Crippen LogP contribution in [0.15, 0.2) is 200 Å². The van der Waals surface area contributed by atoms with Crippen molar-refractivity contribution in [3.05, 3.63) is 212 Å². The van der Waals surface area contributed by atoms with Crippen LogP contribution in [0.1, 0.15) is 17.8 Å². The van der Waals surface area contributed by atoms with Gasteiger partial charge in [-0.3, -0.25) is 8.97 Å². The van der Waals surface area contributed by atoms with E-state index in [-0.39, 0.29) is 0 Å². The number of allylic oxidation sites excluding steroid dienone is 1. The fourth-order valence-electron chi connectivity index (χ4n) is 10.2. The summed E-state index contributed by atoms with van der Waals surface area (Å²) >= 11 is 0. The third-order valence-electron chi connectivity index (χ3n) is 13.0. The Morgan fingerprint density at radius 2 is 0.952 bits per heavy atom. The molecule has 0 aliphatic heterocycles. The van der Waals surface area contributed by atoms with E-state index in [1.54, 1.807) is 0 Å². The van der Waals surface area contributed by atoms with Gasteiger partial charge in [0, 0.05) is 22.0 Å². The maximum absolute atomic E-state index is 5.22. The number of rotatable bonds is 5. The highest BCUT2D eigenvalue weighted by Crippen LogP contribution is 2.45. The molecule has 0 saturated carbocycles. The topological polar surface area (TPSA) is 35.1 Å². The summed E-state index contributed by atoms with van der Waals surface area (Å²) in [6, 6.07) is 70.5. The lowest BCUT2D eigenvalue weighted by Crippen LogP contribution is -1.99. The molecule has 3 aromatic heterocycles. The van der Waals surface area contributed by atoms with E-state index in [4.69, 9.17) is 9.97 Å². The molecule has 0 N–H and O–H groups in total. The molecular weight excluding hydrogens is 753 g/mol. The largest absolute Gasteiger partial charge is 0.295 e. The Kier molecular flexibility index (Phi) is 7.70. The van der Waals surface area contributed by atoms with Gasteiger partial charge in [0.05, 0.1) is 27.9 Å². The second kappa shape index (κ2) is 13.7. The van der Waals surface area contributed by atoms with Crippen molar-refractivity contribution in [1.82, 2.24) is 18.9 Å². The molecule has 3 heterocycles. The number of imidazole rings is 2. The molecule has 0 fully saturated rings. The minimum Gasteiger partial charge on any atom is -0.295 e. The average molecular weight is 791 g/mol. The molecule has 0 saturated heterocycles. The van der Waals surface area contributed by atoms with Gasteiger partial charge in [0.1, 0.15) is 11.5 Å². The average Bonchev–Trinajstić information content (AvgIpc) is 3.94. The molecule has 0 amide bonds. The Hall–Kier alpha value is -8.08. The molecule has 0 spiro atoms. The molecule has 290 valence electrons. The molecule has 1 aliphatic rings. The Morgan fingerprint density at radius 1 is 0.403 bits per heavy atom. The summed E-state index contributed by atoms with van der Waals surface area (Å²) < 4.78 is 4.67. The van der Waals surface area contributed by atoms with Crippen molar-refractivity contribution >= 4 is 66.0 Å². The zero-order valence-corrected chi connectivity index (χ0v) is 33.8. The van der Waals surface area contributed by atoms with Crippen LogP contribution in [-0.4, -0.2) is 18.9 Å². The van der Waals surface area contributed by atoms with Gasteiger partial charge in [0.2, 0.25) is 0 Å². The smallest absolute Gasteiger partial charge is 0.146 e. The number of fused-ring (bicyclic) bond motifs is 11. The predicted molar refractivity (Wildman–Crippen MR) is 259 cm³/mol. The van der Waals surface area contributed by atoms with Crippen LogP contribution in [0.2, 0.25) is 0 Å². The molecule has 1 aliphatic carbocycles. The summed E-state index contributed by atoms with van der Waals surface area (Å²) in [4.78, 5) is 10.4. The zero-order valence-electron chi connectivity index (χ0n) is 33.8. The lowest BCUT2D eigenvalue weighted by atomic mass is 9.85. The van der Waals surface area contributed by atoms with Crippen LogP contribution in [0.3, 0.4) is 0 Å². The minimum atomic E-state index is 0.931. The fourth-order valence-corrected chi connectivity index (χ4v) is 10.2. The van der Waals surface area contributed by atoms with E-state index in [1.165, 1.54) is 82.3 Å². The molecule has 62 heavy (non-hydrogen) atoms. The molecule has 0 unspecified atom stereocenters. The van der Waals surface area contributed by atoms with E-state index in [9.17, 15) is 0 Å². The van der Waals surface area contributed by atoms with Gasteiger partial charge in [0.15, 0.2) is 0 Å². The third-order valence-corrected chi connectivity index (χ3v) is 13.0. The van der Waals surface area contributed by atoms with Crippen LogP contribution in [0.4, 0.5) is 0 Å². The first-order valence-corrected chi connectivity index (χ1v) is 21.5. The quantitative estimate of drug-likeness (QED) is 0.129. The van der Waals surface area contributed by atoms with Crippen molar-refractivity contribution in [1.29, 1.82) is 0 Å². The van der Waals surface area contributed by atoms with Crippen molar-refractivity contribution < 1.29 is 0 Å². The van der Waals surface area contributed by atoms with Crippen LogP contribution in [0.25, 0.3) is 116 Å². The number of hydrogen-bond donors (Lipinski definition) is 0. The number of pyridine rings is 1. The minimum absolute atomic E-state index is 0.931. The van der Waals surface area contributed by atoms with Gasteiger partial charge in [-0.2, -0.15) is 0 Å². The molecule has 9 aromatic carbocycles. The number of aromatic nitrogens is 4. The summed E-state index contributed by atoms with van der Waals surface area (Å²) in [5, 5.41) is 8.62. The number of aryl methyl sites for hydroxylation is 1. The van der Waals surface area contributed by atoms with Crippen molar-refractivity contribution in [2.75, 3.05) is 0 Å². The van der Waals surface area contributed by atoms with Gasteiger partial charge < -0.3 is 0 Å². The van der Waals surface area contributed by atoms with E-state index in [2.05, 4.69) is 215 Å². The SMILES string of the molecule is C1=Cc2nc3c4cc(-c5ccc(-c6c7ccccc7c(-c7ccc(-c8nc9ccccc9n8-c8ccccc8)cc7)c7ccccc67)cc5)ccc4c4ccccc4n3c2CC1. The van der Waals surface area contributed by atoms with Crippen LogP contribution < -0.4 is 0 Å². The number of hydrogen-bond acceptors (Lipinski definition) is 2. The molecule has 0 atom stereocenters. The van der Waals surface area contributed by atoms with Crippen LogP contribution in [-0.2, 0) is 6.42 Å². The molecule has 13 rings (SSSR count). The molecule has 0 bridgehead atoms. The van der Waals surface area contributed by atoms with Crippen molar-refractivity contribution in [3.8, 4) is 50.5 Å². The van der Waals surface area contributed by atoms with Crippen molar-refractivity contribution in [2.45, 2.75) is 12.8 Å². The first-order valence-electron chi connectivity index (χ1n) is 21.5. The lowest BCUT2D eigenvalue weighted by Gasteiger charge is -2.18. The fraction of sp³-hybridized carbons (Fsp3) is 0.0345. The van der Waals surface area contributed by atoms with Crippen LogP contribution in [0.5, 0.6) is 0 Å². The monoisotopic (exact) mass is 790 g/mol. The Labute approximate surface area is 358 Å². The summed E-state index contributed by atoms with van der Waals surface area (Å²) in [5.74, 6) is 0.931. The summed E-state index contributed by atoms with van der Waals surface area (Å²) in [7, 11) is 0. The van der Waals surface area contributed by atoms with Gasteiger partial charge in [-0.15, -0.1) is 0 Å². The van der Waals surface area contributed by atoms with E-state index < -0.39 is 0 Å². The maximum atomic E-state index is 5.22. The number of nitrogens with zero attached hydrogens (tertiary/aromatic N) is 4. The Bertz CT molecular complexity index is 3720. The first-order chi connectivity index (χ1) is 30.8. The standard InChI is InChI=1S/C58H38N4/c1-2-14-42(15-3-1)61-53-24-12-9-21-50(53)59-57(61)40-32-30-39(31-33-40)56-47-19-6-4-17-45(47)55(46-18-5-7-20-48(46)56)38-28-26-37(27-29-38)41-34-35-43-44-16-8-11-23-52(44)62-54-25-13-10-22-51(54)60-58(62)49(43)36-41/h1-12,14-24,26-36H,13,25H2. The Balaban J connectivity index is 0.922. The molecule has 4 heteroatoms. The van der Waals surface area contributed by atoms with Gasteiger partial charge in [-0.1, -0.05) is 164 Å². The molecule has 4 nitrogen and oxygen atoms in total. The van der Waals surface area contributed by atoms with E-state index >= 15 is 0 Å². The van der Waals surface area contributed by atoms with Gasteiger partial charge in [0.25, 0.3) is 0 Å². The zero-order chi connectivity index (χ0) is 40.7. The van der Waals surface area contributed by atoms with Gasteiger partial charge in [-0.25, -0.2) is 9.97 Å². The highest BCUT2D eigenvalue weighted by Gasteiger charge is 2.21. The molecule has 0 radical (unpaired) electrons. The Morgan fingerprint density at radius 3 is 1.63 bits per heavy atom. The van der Waals surface area contributed by atoms with Crippen LogP contribution in [0, 0.1) is 0 Å². The van der Waals surface area contributed by atoms with E-state index in [0.29, 0.717) is 0 Å². The second-order valence-corrected chi connectivity index (χ2v) is 16.4. The van der Waals surface area contributed by atoms with Gasteiger partial charge in [-0.05, 0) is 116 Å². The van der Waals surface area contributed by atoms with Crippen molar-refractivity contribution in [2.24, 2.45) is 0 Å². The maximum Gasteiger partial charge on any atom is 0.146 e. The number of benzene rings is 9. The summed E-state index contributed by atoms with van der Waals surface area (Å²) in [6.07, 6.45) is 6.48.